The van der Waals surface area contributed by atoms with Gasteiger partial charge in [0.15, 0.2) is 0 Å². The summed E-state index contributed by atoms with van der Waals surface area (Å²) in [5.41, 5.74) is 5.44. The fraction of sp³-hybridized carbons (Fsp3) is 0. The van der Waals surface area contributed by atoms with Gasteiger partial charge in [0.1, 0.15) is 0 Å². The first-order chi connectivity index (χ1) is 4.34. The van der Waals surface area contributed by atoms with Crippen molar-refractivity contribution >= 4 is 31.9 Å². The van der Waals surface area contributed by atoms with Crippen molar-refractivity contribution in [2.24, 2.45) is 8.54 Å². The van der Waals surface area contributed by atoms with E-state index in [0.717, 1.165) is 0 Å². The summed E-state index contributed by atoms with van der Waals surface area (Å²) in [5, 5.41) is 0. The van der Waals surface area contributed by atoms with E-state index in [4.69, 9.17) is 10.2 Å². The van der Waals surface area contributed by atoms with Gasteiger partial charge < -0.3 is 0 Å². The number of hydrogen-bond acceptors (Lipinski definition) is 2. The van der Waals surface area contributed by atoms with Crippen LogP contribution in [0.1, 0.15) is 5.76 Å². The number of furan rings is 1. The summed E-state index contributed by atoms with van der Waals surface area (Å²) < 4.78 is 8.86. The van der Waals surface area contributed by atoms with Crippen molar-refractivity contribution in [3.8, 4) is 0 Å². The molecule has 0 radical (unpaired) electrons. The van der Waals surface area contributed by atoms with Gasteiger partial charge in [-0.25, -0.2) is 0 Å². The molecule has 1 aromatic heterocycles. The molecule has 0 bridgehead atoms. The Labute approximate surface area is 69.1 Å². The minimum atomic E-state index is 0.505. The number of hydrogen-bond donors (Lipinski definition) is 1. The SMILES string of the molecule is NC(=[N][Tl])c1ccco1. The van der Waals surface area contributed by atoms with Gasteiger partial charge in [0.2, 0.25) is 0 Å². The van der Waals surface area contributed by atoms with E-state index in [9.17, 15) is 0 Å². The fourth-order valence-corrected chi connectivity index (χ4v) is 0.983. The fourth-order valence-electron chi connectivity index (χ4n) is 0.488. The summed E-state index contributed by atoms with van der Waals surface area (Å²) in [6.45, 7) is 0. The van der Waals surface area contributed by atoms with Crippen molar-refractivity contribution in [1.29, 1.82) is 0 Å². The number of nitrogens with zero attached hydrogens (tertiary/aromatic N) is 1. The van der Waals surface area contributed by atoms with Crippen LogP contribution in [0.15, 0.2) is 25.6 Å². The molecule has 0 unspecified atom stereocenters. The van der Waals surface area contributed by atoms with Gasteiger partial charge in [-0.2, -0.15) is 0 Å². The van der Waals surface area contributed by atoms with E-state index in [2.05, 4.69) is 2.80 Å². The predicted molar refractivity (Wildman–Crippen MR) is 35.2 cm³/mol. The molecule has 1 heterocycles. The zero-order valence-corrected chi connectivity index (χ0v) is 9.23. The molecule has 2 N–H and O–H groups in total. The van der Waals surface area contributed by atoms with Crippen LogP contribution in [0.4, 0.5) is 0 Å². The van der Waals surface area contributed by atoms with Crippen molar-refractivity contribution in [1.82, 2.24) is 0 Å². The average molecular weight is 313 g/mol. The first-order valence-corrected chi connectivity index (χ1v) is 4.42. The Hall–Kier alpha value is -0.328. The Bertz CT molecular complexity index is 205. The van der Waals surface area contributed by atoms with Gasteiger partial charge in [0.25, 0.3) is 0 Å². The normalized spacial score (nSPS) is 11.7. The average Bonchev–Trinajstić information content (AvgIpc) is 2.37. The van der Waals surface area contributed by atoms with Crippen LogP contribution in [-0.2, 0) is 0 Å². The van der Waals surface area contributed by atoms with Crippen LogP contribution in [0.5, 0.6) is 0 Å². The monoisotopic (exact) mass is 314 g/mol. The Morgan fingerprint density at radius 1 is 1.78 bits per heavy atom. The Balaban J connectivity index is 2.90. The molecule has 0 spiro atoms. The van der Waals surface area contributed by atoms with E-state index in [0.29, 0.717) is 37.7 Å². The zero-order chi connectivity index (χ0) is 6.69. The molecule has 9 heavy (non-hydrogen) atoms. The second-order valence-corrected chi connectivity index (χ2v) is 2.50. The topological polar surface area (TPSA) is 51.5 Å². The van der Waals surface area contributed by atoms with Crippen molar-refractivity contribution < 1.29 is 4.42 Å². The third-order valence-electron chi connectivity index (χ3n) is 0.913. The van der Waals surface area contributed by atoms with Crippen molar-refractivity contribution in [3.05, 3.63) is 24.2 Å². The van der Waals surface area contributed by atoms with Crippen molar-refractivity contribution in [2.75, 3.05) is 0 Å². The Morgan fingerprint density at radius 3 is 3.00 bits per heavy atom. The number of amidine groups is 1. The first kappa shape index (κ1) is 6.79. The van der Waals surface area contributed by atoms with Gasteiger partial charge in [-0.3, -0.25) is 0 Å². The molecule has 0 saturated carbocycles. The van der Waals surface area contributed by atoms with Crippen LogP contribution < -0.4 is 5.73 Å². The van der Waals surface area contributed by atoms with Crippen LogP contribution in [0, 0.1) is 0 Å². The second kappa shape index (κ2) is 3.00. The Morgan fingerprint density at radius 2 is 2.56 bits per heavy atom. The maximum absolute atomic E-state index is 5.44. The zero-order valence-electron chi connectivity index (χ0n) is 4.74. The number of nitrogens with two attached hydrogens (primary N) is 1. The first-order valence-electron chi connectivity index (χ1n) is 2.42. The Kier molecular flexibility index (Phi) is 2.26. The second-order valence-electron chi connectivity index (χ2n) is 1.49. The van der Waals surface area contributed by atoms with Gasteiger partial charge in [0, 0.05) is 0 Å². The molecule has 0 aromatic carbocycles. The maximum atomic E-state index is 5.44. The molecule has 0 atom stereocenters. The summed E-state index contributed by atoms with van der Waals surface area (Å²) >= 11 is 0.542. The van der Waals surface area contributed by atoms with Gasteiger partial charge in [-0.05, 0) is 0 Å². The van der Waals surface area contributed by atoms with E-state index >= 15 is 0 Å². The van der Waals surface area contributed by atoms with Crippen LogP contribution >= 0.6 is 0 Å². The summed E-state index contributed by atoms with van der Waals surface area (Å²) in [7, 11) is 0. The van der Waals surface area contributed by atoms with Crippen LogP contribution in [0.25, 0.3) is 0 Å². The minimum absolute atomic E-state index is 0.505. The summed E-state index contributed by atoms with van der Waals surface area (Å²) in [6.07, 6.45) is 1.58. The quantitative estimate of drug-likeness (QED) is 0.453. The molecule has 4 heteroatoms. The molecule has 1 aromatic rings. The van der Waals surface area contributed by atoms with E-state index in [1.165, 1.54) is 0 Å². The van der Waals surface area contributed by atoms with Crippen LogP contribution in [0.2, 0.25) is 0 Å². The molecule has 3 nitrogen and oxygen atoms in total. The van der Waals surface area contributed by atoms with Crippen molar-refractivity contribution in [2.45, 2.75) is 0 Å². The van der Waals surface area contributed by atoms with Gasteiger partial charge in [-0.15, -0.1) is 0 Å². The van der Waals surface area contributed by atoms with E-state index in [-0.39, 0.29) is 0 Å². The molecule has 0 amide bonds. The molecule has 0 aliphatic carbocycles. The molecular formula is C5H5N2OTl. The number of rotatable bonds is 1. The molecule has 44 valence electrons. The van der Waals surface area contributed by atoms with E-state index < -0.39 is 0 Å². The summed E-state index contributed by atoms with van der Waals surface area (Å²) in [5.74, 6) is 1.17. The van der Waals surface area contributed by atoms with Crippen LogP contribution in [0.3, 0.4) is 0 Å². The molecule has 0 saturated heterocycles. The van der Waals surface area contributed by atoms with E-state index in [1.54, 1.807) is 18.4 Å². The van der Waals surface area contributed by atoms with Crippen molar-refractivity contribution in [3.63, 3.8) is 0 Å². The molecule has 0 aliphatic heterocycles. The third kappa shape index (κ3) is 1.54. The third-order valence-corrected chi connectivity index (χ3v) is 1.99. The van der Waals surface area contributed by atoms with E-state index in [1.807, 2.05) is 0 Å². The van der Waals surface area contributed by atoms with Gasteiger partial charge >= 0.3 is 69.0 Å². The molecule has 0 aliphatic rings. The summed E-state index contributed by atoms with van der Waals surface area (Å²) in [4.78, 5) is 0. The van der Waals surface area contributed by atoms with Gasteiger partial charge in [0.05, 0.1) is 0 Å². The standard InChI is InChI=1S/C5H5N2O.Tl/c6-5(7)4-2-1-3-8-4;/h1-3H,(H2-,6,7);/q-1;+1. The molecule has 0 fully saturated rings. The molecular weight excluding hydrogens is 308 g/mol. The summed E-state index contributed by atoms with van der Waals surface area (Å²) in [6, 6.07) is 3.58. The van der Waals surface area contributed by atoms with Crippen LogP contribution in [-0.4, -0.2) is 31.9 Å². The van der Waals surface area contributed by atoms with Gasteiger partial charge in [-0.1, -0.05) is 0 Å². The predicted octanol–water partition coefficient (Wildman–Crippen LogP) is 0.0684. The molecule has 1 rings (SSSR count).